The van der Waals surface area contributed by atoms with Crippen molar-refractivity contribution in [3.63, 3.8) is 0 Å². The van der Waals surface area contributed by atoms with Crippen molar-refractivity contribution in [1.29, 1.82) is 0 Å². The number of imidazole rings is 1. The molecular formula is C31H37N3O2. The van der Waals surface area contributed by atoms with Gasteiger partial charge in [0.2, 0.25) is 5.91 Å². The lowest BCUT2D eigenvalue weighted by Crippen LogP contribution is -2.30. The van der Waals surface area contributed by atoms with Crippen LogP contribution in [0.1, 0.15) is 67.2 Å². The molecule has 1 unspecified atom stereocenters. The lowest BCUT2D eigenvalue weighted by atomic mass is 10.0. The number of aryl methyl sites for hydroxylation is 3. The first kappa shape index (κ1) is 25.5. The van der Waals surface area contributed by atoms with E-state index in [1.54, 1.807) is 0 Å². The van der Waals surface area contributed by atoms with E-state index in [9.17, 15) is 4.79 Å². The van der Waals surface area contributed by atoms with Gasteiger partial charge in [-0.15, -0.1) is 0 Å². The van der Waals surface area contributed by atoms with Gasteiger partial charge in [0.25, 0.3) is 0 Å². The van der Waals surface area contributed by atoms with Crippen LogP contribution in [0.3, 0.4) is 0 Å². The van der Waals surface area contributed by atoms with E-state index in [4.69, 9.17) is 9.72 Å². The maximum Gasteiger partial charge on any atom is 0.225 e. The van der Waals surface area contributed by atoms with E-state index in [-0.39, 0.29) is 11.9 Å². The molecular weight excluding hydrogens is 446 g/mol. The van der Waals surface area contributed by atoms with Gasteiger partial charge in [-0.25, -0.2) is 4.98 Å². The van der Waals surface area contributed by atoms with Gasteiger partial charge in [0.05, 0.1) is 30.1 Å². The summed E-state index contributed by atoms with van der Waals surface area (Å²) in [7, 11) is 0. The number of amides is 1. The van der Waals surface area contributed by atoms with Gasteiger partial charge >= 0.3 is 0 Å². The fraction of sp³-hybridized carbons (Fsp3) is 0.355. The first-order valence-electron chi connectivity index (χ1n) is 12.9. The van der Waals surface area contributed by atoms with Crippen molar-refractivity contribution < 1.29 is 9.53 Å². The summed E-state index contributed by atoms with van der Waals surface area (Å²) in [5, 5.41) is 3.16. The topological polar surface area (TPSA) is 56.1 Å². The van der Waals surface area contributed by atoms with Gasteiger partial charge in [-0.05, 0) is 73.6 Å². The lowest BCUT2D eigenvalue weighted by Gasteiger charge is -2.18. The number of hydrogen-bond acceptors (Lipinski definition) is 3. The van der Waals surface area contributed by atoms with Gasteiger partial charge in [0.15, 0.2) is 0 Å². The molecule has 188 valence electrons. The molecule has 0 aliphatic carbocycles. The molecule has 0 bridgehead atoms. The van der Waals surface area contributed by atoms with E-state index in [0.717, 1.165) is 46.7 Å². The van der Waals surface area contributed by atoms with Gasteiger partial charge in [0.1, 0.15) is 11.6 Å². The minimum absolute atomic E-state index is 0.000554. The Morgan fingerprint density at radius 1 is 1.00 bits per heavy atom. The Bertz CT molecular complexity index is 1340. The quantitative estimate of drug-likeness (QED) is 0.256. The number of aromatic nitrogens is 2. The van der Waals surface area contributed by atoms with Crippen molar-refractivity contribution in [2.24, 2.45) is 0 Å². The molecule has 0 aliphatic rings. The standard InChI is InChI=1S/C31H37N3O2/c1-21(2)26-16-15-22(3)19-29(26)36-18-10-17-34-28-14-9-8-13-27(28)33-31(34)24(5)32-30(35)20-25-12-7-6-11-23(25)4/h6-9,11-16,19,21,24H,10,17-18,20H2,1-5H3,(H,32,35). The number of rotatable bonds is 10. The SMILES string of the molecule is Cc1ccc(C(C)C)c(OCCCn2c(C(C)NC(=O)Cc3ccccc3C)nc3ccccc32)c1. The van der Waals surface area contributed by atoms with Crippen LogP contribution in [-0.4, -0.2) is 22.1 Å². The molecule has 1 aromatic heterocycles. The van der Waals surface area contributed by atoms with Gasteiger partial charge in [-0.1, -0.05) is 62.4 Å². The van der Waals surface area contributed by atoms with E-state index >= 15 is 0 Å². The van der Waals surface area contributed by atoms with Crippen molar-refractivity contribution in [2.45, 2.75) is 66.0 Å². The summed E-state index contributed by atoms with van der Waals surface area (Å²) in [6.07, 6.45) is 1.20. The third-order valence-corrected chi connectivity index (χ3v) is 6.64. The Balaban J connectivity index is 1.46. The molecule has 4 aromatic rings. The summed E-state index contributed by atoms with van der Waals surface area (Å²) in [5.41, 5.74) is 6.62. The highest BCUT2D eigenvalue weighted by Gasteiger charge is 2.19. The lowest BCUT2D eigenvalue weighted by molar-refractivity contribution is -0.121. The Morgan fingerprint density at radius 2 is 1.75 bits per heavy atom. The van der Waals surface area contributed by atoms with E-state index < -0.39 is 0 Å². The van der Waals surface area contributed by atoms with Gasteiger partial charge < -0.3 is 14.6 Å². The van der Waals surface area contributed by atoms with Crippen molar-refractivity contribution in [1.82, 2.24) is 14.9 Å². The Hall–Kier alpha value is -3.60. The molecule has 0 spiro atoms. The number of nitrogens with zero attached hydrogens (tertiary/aromatic N) is 2. The molecule has 5 heteroatoms. The normalized spacial score (nSPS) is 12.2. The van der Waals surface area contributed by atoms with Crippen LogP contribution in [0.5, 0.6) is 5.75 Å². The zero-order valence-electron chi connectivity index (χ0n) is 22.0. The first-order valence-corrected chi connectivity index (χ1v) is 12.9. The second kappa shape index (κ2) is 11.4. The highest BCUT2D eigenvalue weighted by atomic mass is 16.5. The molecule has 3 aromatic carbocycles. The highest BCUT2D eigenvalue weighted by Crippen LogP contribution is 2.28. The number of fused-ring (bicyclic) bond motifs is 1. The van der Waals surface area contributed by atoms with Crippen LogP contribution in [0, 0.1) is 13.8 Å². The number of para-hydroxylation sites is 2. The molecule has 0 saturated carbocycles. The maximum absolute atomic E-state index is 12.8. The maximum atomic E-state index is 12.8. The van der Waals surface area contributed by atoms with E-state index in [0.29, 0.717) is 18.9 Å². The number of carbonyl (C=O) groups is 1. The Kier molecular flexibility index (Phi) is 8.09. The second-order valence-corrected chi connectivity index (χ2v) is 9.90. The molecule has 4 rings (SSSR count). The van der Waals surface area contributed by atoms with Crippen LogP contribution in [-0.2, 0) is 17.8 Å². The van der Waals surface area contributed by atoms with E-state index in [2.05, 4.69) is 54.9 Å². The minimum atomic E-state index is -0.209. The molecule has 5 nitrogen and oxygen atoms in total. The van der Waals surface area contributed by atoms with Crippen LogP contribution >= 0.6 is 0 Å². The molecule has 0 fully saturated rings. The summed E-state index contributed by atoms with van der Waals surface area (Å²) in [4.78, 5) is 17.7. The number of benzene rings is 3. The smallest absolute Gasteiger partial charge is 0.225 e. The Morgan fingerprint density at radius 3 is 2.53 bits per heavy atom. The number of carbonyl (C=O) groups excluding carboxylic acids is 1. The highest BCUT2D eigenvalue weighted by molar-refractivity contribution is 5.80. The monoisotopic (exact) mass is 483 g/mol. The average Bonchev–Trinajstić information content (AvgIpc) is 3.22. The molecule has 1 amide bonds. The molecule has 1 heterocycles. The third kappa shape index (κ3) is 5.96. The second-order valence-electron chi connectivity index (χ2n) is 9.90. The average molecular weight is 484 g/mol. The number of hydrogen-bond donors (Lipinski definition) is 1. The van der Waals surface area contributed by atoms with Crippen LogP contribution in [0.25, 0.3) is 11.0 Å². The van der Waals surface area contributed by atoms with Crippen LogP contribution in [0.4, 0.5) is 0 Å². The van der Waals surface area contributed by atoms with Crippen LogP contribution in [0.15, 0.2) is 66.7 Å². The summed E-state index contributed by atoms with van der Waals surface area (Å²) >= 11 is 0. The third-order valence-electron chi connectivity index (χ3n) is 6.64. The van der Waals surface area contributed by atoms with Gasteiger partial charge in [-0.2, -0.15) is 0 Å². The first-order chi connectivity index (χ1) is 17.3. The van der Waals surface area contributed by atoms with Crippen molar-refractivity contribution in [2.75, 3.05) is 6.61 Å². The predicted octanol–water partition coefficient (Wildman–Crippen LogP) is 6.67. The summed E-state index contributed by atoms with van der Waals surface area (Å²) in [5.74, 6) is 2.25. The molecule has 1 atom stereocenters. The molecule has 0 saturated heterocycles. The fourth-order valence-electron chi connectivity index (χ4n) is 4.65. The number of nitrogens with one attached hydrogen (secondary N) is 1. The van der Waals surface area contributed by atoms with Crippen molar-refractivity contribution in [3.8, 4) is 5.75 Å². The molecule has 36 heavy (non-hydrogen) atoms. The zero-order chi connectivity index (χ0) is 25.7. The number of ether oxygens (including phenoxy) is 1. The summed E-state index contributed by atoms with van der Waals surface area (Å²) in [6, 6.07) is 22.4. The summed E-state index contributed by atoms with van der Waals surface area (Å²) < 4.78 is 8.45. The molecule has 0 aliphatic heterocycles. The Labute approximate surface area is 214 Å². The zero-order valence-corrected chi connectivity index (χ0v) is 22.0. The molecule has 1 N–H and O–H groups in total. The largest absolute Gasteiger partial charge is 0.493 e. The van der Waals surface area contributed by atoms with Gasteiger partial charge in [-0.3, -0.25) is 4.79 Å². The van der Waals surface area contributed by atoms with Crippen LogP contribution in [0.2, 0.25) is 0 Å². The minimum Gasteiger partial charge on any atom is -0.493 e. The summed E-state index contributed by atoms with van der Waals surface area (Å²) in [6.45, 7) is 11.9. The van der Waals surface area contributed by atoms with Crippen molar-refractivity contribution in [3.05, 3.63) is 94.8 Å². The van der Waals surface area contributed by atoms with Crippen molar-refractivity contribution >= 4 is 16.9 Å². The van der Waals surface area contributed by atoms with Crippen LogP contribution < -0.4 is 10.1 Å². The fourth-order valence-corrected chi connectivity index (χ4v) is 4.65. The molecule has 0 radical (unpaired) electrons. The van der Waals surface area contributed by atoms with Gasteiger partial charge in [0, 0.05) is 6.54 Å². The predicted molar refractivity (Wildman–Crippen MR) is 147 cm³/mol. The van der Waals surface area contributed by atoms with E-state index in [1.165, 1.54) is 11.1 Å². The van der Waals surface area contributed by atoms with E-state index in [1.807, 2.05) is 56.3 Å².